The van der Waals surface area contributed by atoms with E-state index in [9.17, 15) is 4.79 Å². The van der Waals surface area contributed by atoms with Crippen molar-refractivity contribution in [3.05, 3.63) is 53.6 Å². The minimum Gasteiger partial charge on any atom is -0.490 e. The number of hydrogen-bond acceptors (Lipinski definition) is 6. The van der Waals surface area contributed by atoms with Gasteiger partial charge < -0.3 is 24.4 Å². The van der Waals surface area contributed by atoms with Crippen LogP contribution in [0.3, 0.4) is 0 Å². The van der Waals surface area contributed by atoms with E-state index in [1.54, 1.807) is 0 Å². The highest BCUT2D eigenvalue weighted by Crippen LogP contribution is 2.29. The quantitative estimate of drug-likeness (QED) is 0.551. The summed E-state index contributed by atoms with van der Waals surface area (Å²) >= 11 is 0. The molecule has 2 aromatic carbocycles. The van der Waals surface area contributed by atoms with Crippen LogP contribution in [0.5, 0.6) is 11.5 Å². The van der Waals surface area contributed by atoms with Gasteiger partial charge in [0.1, 0.15) is 5.82 Å². The van der Waals surface area contributed by atoms with Gasteiger partial charge in [-0.05, 0) is 68.3 Å². The lowest BCUT2D eigenvalue weighted by molar-refractivity contribution is -0.115. The molecule has 1 N–H and O–H groups in total. The Labute approximate surface area is 194 Å². The number of fused-ring (bicyclic) bond motifs is 1. The summed E-state index contributed by atoms with van der Waals surface area (Å²) in [5, 5.41) is 4.05. The first-order valence-corrected chi connectivity index (χ1v) is 11.5. The minimum atomic E-state index is -0.0866. The van der Waals surface area contributed by atoms with Gasteiger partial charge in [-0.25, -0.2) is 4.98 Å². The SMILES string of the molecule is CCOc1ccc(CC(=O)Nc2ccc3nc(N4CCOCC4)cc(C)c3c2)cc1OCC. The third-order valence-corrected chi connectivity index (χ3v) is 5.59. The number of ether oxygens (including phenoxy) is 3. The number of morpholine rings is 1. The smallest absolute Gasteiger partial charge is 0.228 e. The lowest BCUT2D eigenvalue weighted by Crippen LogP contribution is -2.36. The van der Waals surface area contributed by atoms with Gasteiger partial charge in [0.15, 0.2) is 11.5 Å². The largest absolute Gasteiger partial charge is 0.490 e. The molecule has 7 nitrogen and oxygen atoms in total. The van der Waals surface area contributed by atoms with E-state index in [1.165, 1.54) is 0 Å². The predicted molar refractivity (Wildman–Crippen MR) is 131 cm³/mol. The fourth-order valence-corrected chi connectivity index (χ4v) is 4.00. The highest BCUT2D eigenvalue weighted by Gasteiger charge is 2.15. The first kappa shape index (κ1) is 22.9. The first-order valence-electron chi connectivity index (χ1n) is 11.5. The molecule has 1 saturated heterocycles. The molecule has 0 bridgehead atoms. The van der Waals surface area contributed by atoms with E-state index in [4.69, 9.17) is 19.2 Å². The van der Waals surface area contributed by atoms with Crippen molar-refractivity contribution in [2.75, 3.05) is 49.7 Å². The summed E-state index contributed by atoms with van der Waals surface area (Å²) in [5.74, 6) is 2.24. The fourth-order valence-electron chi connectivity index (χ4n) is 4.00. The van der Waals surface area contributed by atoms with Gasteiger partial charge in [-0.15, -0.1) is 0 Å². The molecule has 1 aliphatic heterocycles. The molecule has 0 spiro atoms. The molecule has 7 heteroatoms. The molecule has 0 aliphatic carbocycles. The second-order valence-electron chi connectivity index (χ2n) is 8.00. The number of carbonyl (C=O) groups is 1. The predicted octanol–water partition coefficient (Wildman–Crippen LogP) is 4.36. The molecule has 2 heterocycles. The molecule has 0 unspecified atom stereocenters. The van der Waals surface area contributed by atoms with Gasteiger partial charge in [0.05, 0.1) is 38.4 Å². The molecule has 0 atom stereocenters. The zero-order valence-corrected chi connectivity index (χ0v) is 19.5. The highest BCUT2D eigenvalue weighted by molar-refractivity contribution is 5.95. The average molecular weight is 450 g/mol. The molecule has 1 amide bonds. The van der Waals surface area contributed by atoms with Gasteiger partial charge in [-0.2, -0.15) is 0 Å². The minimum absolute atomic E-state index is 0.0866. The average Bonchev–Trinajstić information content (AvgIpc) is 2.82. The number of pyridine rings is 1. The Bertz CT molecular complexity index is 1130. The Morgan fingerprint density at radius 1 is 1.03 bits per heavy atom. The van der Waals surface area contributed by atoms with Gasteiger partial charge in [0.2, 0.25) is 5.91 Å². The molecule has 1 aromatic heterocycles. The molecule has 4 rings (SSSR count). The van der Waals surface area contributed by atoms with Crippen LogP contribution in [0.25, 0.3) is 10.9 Å². The number of amides is 1. The van der Waals surface area contributed by atoms with Crippen LogP contribution >= 0.6 is 0 Å². The molecule has 1 aliphatic rings. The number of aromatic nitrogens is 1. The Balaban J connectivity index is 1.47. The summed E-state index contributed by atoms with van der Waals surface area (Å²) in [6.45, 7) is 10.2. The van der Waals surface area contributed by atoms with Gasteiger partial charge in [-0.3, -0.25) is 4.79 Å². The van der Waals surface area contributed by atoms with E-state index in [0.29, 0.717) is 24.7 Å². The van der Waals surface area contributed by atoms with Crippen molar-refractivity contribution in [3.63, 3.8) is 0 Å². The monoisotopic (exact) mass is 449 g/mol. The third-order valence-electron chi connectivity index (χ3n) is 5.59. The van der Waals surface area contributed by atoms with E-state index in [1.807, 2.05) is 50.2 Å². The van der Waals surface area contributed by atoms with E-state index in [-0.39, 0.29) is 12.3 Å². The van der Waals surface area contributed by atoms with Crippen molar-refractivity contribution in [2.24, 2.45) is 0 Å². The maximum absolute atomic E-state index is 12.7. The number of rotatable bonds is 8. The van der Waals surface area contributed by atoms with Crippen LogP contribution in [0.15, 0.2) is 42.5 Å². The molecule has 174 valence electrons. The number of aryl methyl sites for hydroxylation is 1. The van der Waals surface area contributed by atoms with Crippen LogP contribution in [0.2, 0.25) is 0 Å². The Morgan fingerprint density at radius 2 is 1.79 bits per heavy atom. The highest BCUT2D eigenvalue weighted by atomic mass is 16.5. The summed E-state index contributed by atoms with van der Waals surface area (Å²) in [5.41, 5.74) is 3.67. The van der Waals surface area contributed by atoms with E-state index in [2.05, 4.69) is 23.2 Å². The van der Waals surface area contributed by atoms with Crippen LogP contribution in [0, 0.1) is 6.92 Å². The van der Waals surface area contributed by atoms with Crippen molar-refractivity contribution < 1.29 is 19.0 Å². The lowest BCUT2D eigenvalue weighted by atomic mass is 10.1. The molecular weight excluding hydrogens is 418 g/mol. The maximum Gasteiger partial charge on any atom is 0.228 e. The van der Waals surface area contributed by atoms with Crippen molar-refractivity contribution in [3.8, 4) is 11.5 Å². The normalized spacial score (nSPS) is 13.7. The second-order valence-corrected chi connectivity index (χ2v) is 8.00. The second kappa shape index (κ2) is 10.5. The molecular formula is C26H31N3O4. The molecule has 3 aromatic rings. The standard InChI is InChI=1S/C26H31N3O4/c1-4-32-23-9-6-19(15-24(23)33-5-2)16-26(30)27-20-7-8-22-21(17-20)18(3)14-25(28-22)29-10-12-31-13-11-29/h6-9,14-15,17H,4-5,10-13,16H2,1-3H3,(H,27,30). The Kier molecular flexibility index (Phi) is 7.29. The molecule has 1 fully saturated rings. The van der Waals surface area contributed by atoms with Crippen LogP contribution in [-0.2, 0) is 16.0 Å². The summed E-state index contributed by atoms with van der Waals surface area (Å²) in [4.78, 5) is 19.8. The number of benzene rings is 2. The summed E-state index contributed by atoms with van der Waals surface area (Å²) in [6.07, 6.45) is 0.248. The van der Waals surface area contributed by atoms with Crippen molar-refractivity contribution in [2.45, 2.75) is 27.2 Å². The Hall–Kier alpha value is -3.32. The van der Waals surface area contributed by atoms with Crippen molar-refractivity contribution >= 4 is 28.3 Å². The maximum atomic E-state index is 12.7. The van der Waals surface area contributed by atoms with Crippen LogP contribution in [-0.4, -0.2) is 50.4 Å². The Morgan fingerprint density at radius 3 is 2.55 bits per heavy atom. The summed E-state index contributed by atoms with van der Waals surface area (Å²) in [7, 11) is 0. The number of carbonyl (C=O) groups excluding carboxylic acids is 1. The number of anilines is 2. The fraction of sp³-hybridized carbons (Fsp3) is 0.385. The van der Waals surface area contributed by atoms with Crippen LogP contribution < -0.4 is 19.7 Å². The van der Waals surface area contributed by atoms with Gasteiger partial charge in [-0.1, -0.05) is 6.07 Å². The number of nitrogens with zero attached hydrogens (tertiary/aromatic N) is 2. The van der Waals surface area contributed by atoms with E-state index in [0.717, 1.165) is 59.8 Å². The summed E-state index contributed by atoms with van der Waals surface area (Å²) < 4.78 is 16.7. The summed E-state index contributed by atoms with van der Waals surface area (Å²) in [6, 6.07) is 13.6. The van der Waals surface area contributed by atoms with Gasteiger partial charge >= 0.3 is 0 Å². The molecule has 0 radical (unpaired) electrons. The van der Waals surface area contributed by atoms with E-state index < -0.39 is 0 Å². The van der Waals surface area contributed by atoms with E-state index >= 15 is 0 Å². The van der Waals surface area contributed by atoms with Crippen molar-refractivity contribution in [1.82, 2.24) is 4.98 Å². The zero-order valence-electron chi connectivity index (χ0n) is 19.5. The number of nitrogens with one attached hydrogen (secondary N) is 1. The molecule has 33 heavy (non-hydrogen) atoms. The zero-order chi connectivity index (χ0) is 23.2. The third kappa shape index (κ3) is 5.54. The van der Waals surface area contributed by atoms with Crippen LogP contribution in [0.1, 0.15) is 25.0 Å². The van der Waals surface area contributed by atoms with Gasteiger partial charge in [0.25, 0.3) is 0 Å². The van der Waals surface area contributed by atoms with Gasteiger partial charge in [0, 0.05) is 24.2 Å². The van der Waals surface area contributed by atoms with Crippen molar-refractivity contribution in [1.29, 1.82) is 0 Å². The lowest BCUT2D eigenvalue weighted by Gasteiger charge is -2.28. The first-order chi connectivity index (χ1) is 16.1. The topological polar surface area (TPSA) is 72.9 Å². The van der Waals surface area contributed by atoms with Crippen LogP contribution in [0.4, 0.5) is 11.5 Å². The molecule has 0 saturated carbocycles. The number of hydrogen-bond donors (Lipinski definition) is 1.